The number of aliphatic hydroxyl groups excluding tert-OH is 1. The van der Waals surface area contributed by atoms with Gasteiger partial charge < -0.3 is 10.0 Å². The van der Waals surface area contributed by atoms with E-state index >= 15 is 0 Å². The van der Waals surface area contributed by atoms with Crippen molar-refractivity contribution in [1.29, 1.82) is 0 Å². The molecule has 0 spiro atoms. The Morgan fingerprint density at radius 1 is 1.26 bits per heavy atom. The molecular weight excluding hydrogens is 278 g/mol. The Balaban J connectivity index is 2.21. The summed E-state index contributed by atoms with van der Waals surface area (Å²) >= 11 is 7.55. The van der Waals surface area contributed by atoms with Crippen LogP contribution in [0.25, 0.3) is 0 Å². The Kier molecular flexibility index (Phi) is 4.86. The molecule has 0 aliphatic carbocycles. The second-order valence-corrected chi connectivity index (χ2v) is 6.34. The molecule has 0 unspecified atom stereocenters. The quantitative estimate of drug-likeness (QED) is 0.879. The van der Waals surface area contributed by atoms with Crippen molar-refractivity contribution in [3.05, 3.63) is 51.2 Å². The van der Waals surface area contributed by atoms with Crippen molar-refractivity contribution in [2.24, 2.45) is 0 Å². The molecule has 0 aliphatic rings. The summed E-state index contributed by atoms with van der Waals surface area (Å²) in [6.07, 6.45) is 0.306. The summed E-state index contributed by atoms with van der Waals surface area (Å²) in [5, 5.41) is 10.1. The van der Waals surface area contributed by atoms with Crippen molar-refractivity contribution in [3.8, 4) is 0 Å². The number of halogens is 1. The van der Waals surface area contributed by atoms with Crippen molar-refractivity contribution in [3.63, 3.8) is 0 Å². The average molecular weight is 296 g/mol. The summed E-state index contributed by atoms with van der Waals surface area (Å²) in [5.74, 6) is 0. The minimum absolute atomic E-state index is 0.412. The van der Waals surface area contributed by atoms with Gasteiger partial charge in [-0.2, -0.15) is 0 Å². The molecule has 1 N–H and O–H groups in total. The normalized spacial score (nSPS) is 12.4. The largest absolute Gasteiger partial charge is 0.388 e. The molecule has 1 aromatic heterocycles. The predicted molar refractivity (Wildman–Crippen MR) is 83.1 cm³/mol. The van der Waals surface area contributed by atoms with E-state index in [9.17, 15) is 5.11 Å². The Morgan fingerprint density at radius 3 is 2.63 bits per heavy atom. The summed E-state index contributed by atoms with van der Waals surface area (Å²) in [6, 6.07) is 12.0. The molecule has 2 rings (SSSR count). The van der Waals surface area contributed by atoms with Crippen LogP contribution in [0.15, 0.2) is 36.4 Å². The van der Waals surface area contributed by atoms with Crippen LogP contribution in [0.3, 0.4) is 0 Å². The fourth-order valence-corrected chi connectivity index (χ4v) is 3.23. The van der Waals surface area contributed by atoms with E-state index in [1.165, 1.54) is 4.88 Å². The van der Waals surface area contributed by atoms with Gasteiger partial charge in [-0.1, -0.05) is 36.7 Å². The molecule has 0 saturated carbocycles. The van der Waals surface area contributed by atoms with Gasteiger partial charge >= 0.3 is 0 Å². The van der Waals surface area contributed by atoms with Crippen LogP contribution in [-0.2, 0) is 6.54 Å². The first-order valence-corrected chi connectivity index (χ1v) is 7.53. The average Bonchev–Trinajstić information content (AvgIpc) is 2.83. The van der Waals surface area contributed by atoms with E-state index in [0.717, 1.165) is 28.6 Å². The fraction of sp³-hybridized carbons (Fsp3) is 0.333. The number of anilines is 1. The smallest absolute Gasteiger partial charge is 0.0931 e. The lowest BCUT2D eigenvalue weighted by molar-refractivity contribution is 0.174. The van der Waals surface area contributed by atoms with Gasteiger partial charge in [0.25, 0.3) is 0 Å². The van der Waals surface area contributed by atoms with Gasteiger partial charge in [0.1, 0.15) is 0 Å². The first-order chi connectivity index (χ1) is 9.11. The van der Waals surface area contributed by atoms with Gasteiger partial charge in [0.2, 0.25) is 0 Å². The van der Waals surface area contributed by atoms with Crippen LogP contribution < -0.4 is 4.90 Å². The maximum Gasteiger partial charge on any atom is 0.0931 e. The van der Waals surface area contributed by atoms with Gasteiger partial charge in [-0.25, -0.2) is 0 Å². The standard InChI is InChI=1S/C15H18ClNOS/c1-3-14(18)12-6-4-5-7-13(12)17(2)10-11-8-9-15(16)19-11/h4-9,14,18H,3,10H2,1-2H3/t14-/m1/s1. The van der Waals surface area contributed by atoms with E-state index in [0.29, 0.717) is 0 Å². The van der Waals surface area contributed by atoms with Crippen molar-refractivity contribution < 1.29 is 5.11 Å². The summed E-state index contributed by atoms with van der Waals surface area (Å²) in [4.78, 5) is 3.37. The summed E-state index contributed by atoms with van der Waals surface area (Å²) in [7, 11) is 2.04. The molecule has 1 aromatic carbocycles. The van der Waals surface area contributed by atoms with Crippen molar-refractivity contribution in [2.75, 3.05) is 11.9 Å². The molecule has 0 aliphatic heterocycles. The number of nitrogens with zero attached hydrogens (tertiary/aromatic N) is 1. The molecule has 4 heteroatoms. The van der Waals surface area contributed by atoms with Crippen LogP contribution in [-0.4, -0.2) is 12.2 Å². The van der Waals surface area contributed by atoms with Crippen molar-refractivity contribution in [1.82, 2.24) is 0 Å². The number of benzene rings is 1. The molecule has 19 heavy (non-hydrogen) atoms. The Morgan fingerprint density at radius 2 is 2.00 bits per heavy atom. The van der Waals surface area contributed by atoms with E-state index in [-0.39, 0.29) is 0 Å². The first-order valence-electron chi connectivity index (χ1n) is 6.34. The zero-order valence-corrected chi connectivity index (χ0v) is 12.7. The lowest BCUT2D eigenvalue weighted by Gasteiger charge is -2.23. The summed E-state index contributed by atoms with van der Waals surface area (Å²) < 4.78 is 0.810. The molecular formula is C15H18ClNOS. The number of hydrogen-bond acceptors (Lipinski definition) is 3. The molecule has 0 saturated heterocycles. The fourth-order valence-electron chi connectivity index (χ4n) is 2.09. The highest BCUT2D eigenvalue weighted by atomic mass is 35.5. The van der Waals surface area contributed by atoms with Crippen LogP contribution in [0.5, 0.6) is 0 Å². The molecule has 0 amide bonds. The minimum atomic E-state index is -0.412. The summed E-state index contributed by atoms with van der Waals surface area (Å²) in [6.45, 7) is 2.78. The van der Waals surface area contributed by atoms with Crippen LogP contribution >= 0.6 is 22.9 Å². The van der Waals surface area contributed by atoms with Gasteiger partial charge in [-0.15, -0.1) is 11.3 Å². The number of hydrogen-bond donors (Lipinski definition) is 1. The molecule has 2 aromatic rings. The van der Waals surface area contributed by atoms with Crippen molar-refractivity contribution in [2.45, 2.75) is 26.0 Å². The molecule has 102 valence electrons. The molecule has 1 heterocycles. The Bertz CT molecular complexity index is 540. The topological polar surface area (TPSA) is 23.5 Å². The second-order valence-electron chi connectivity index (χ2n) is 4.54. The van der Waals surface area contributed by atoms with E-state index < -0.39 is 6.10 Å². The zero-order chi connectivity index (χ0) is 13.8. The SMILES string of the molecule is CC[C@@H](O)c1ccccc1N(C)Cc1ccc(Cl)s1. The molecule has 0 radical (unpaired) electrons. The van der Waals surface area contributed by atoms with Gasteiger partial charge in [0.05, 0.1) is 17.0 Å². The molecule has 0 fully saturated rings. The zero-order valence-electron chi connectivity index (χ0n) is 11.1. The first kappa shape index (κ1) is 14.4. The predicted octanol–water partition coefficient (Wildman–Crippen LogP) is 4.48. The number of aliphatic hydroxyl groups is 1. The molecule has 0 bridgehead atoms. The highest BCUT2D eigenvalue weighted by Gasteiger charge is 2.13. The number of thiophene rings is 1. The minimum Gasteiger partial charge on any atom is -0.388 e. The van der Waals surface area contributed by atoms with Crippen LogP contribution in [0.1, 0.15) is 29.9 Å². The van der Waals surface area contributed by atoms with E-state index in [2.05, 4.69) is 4.90 Å². The van der Waals surface area contributed by atoms with E-state index in [1.54, 1.807) is 11.3 Å². The van der Waals surface area contributed by atoms with Gasteiger partial charge in [-0.05, 0) is 24.6 Å². The van der Waals surface area contributed by atoms with Gasteiger partial charge in [0, 0.05) is 23.2 Å². The second kappa shape index (κ2) is 6.42. The summed E-state index contributed by atoms with van der Waals surface area (Å²) in [5.41, 5.74) is 2.05. The molecule has 2 nitrogen and oxygen atoms in total. The molecule has 1 atom stereocenters. The van der Waals surface area contributed by atoms with Gasteiger partial charge in [-0.3, -0.25) is 0 Å². The third-order valence-corrected chi connectivity index (χ3v) is 4.33. The lowest BCUT2D eigenvalue weighted by Crippen LogP contribution is -2.18. The monoisotopic (exact) mass is 295 g/mol. The highest BCUT2D eigenvalue weighted by molar-refractivity contribution is 7.16. The third-order valence-electron chi connectivity index (χ3n) is 3.12. The lowest BCUT2D eigenvalue weighted by atomic mass is 10.0. The Hall–Kier alpha value is -1.03. The number of rotatable bonds is 5. The van der Waals surface area contributed by atoms with Crippen molar-refractivity contribution >= 4 is 28.6 Å². The van der Waals surface area contributed by atoms with Gasteiger partial charge in [0.15, 0.2) is 0 Å². The van der Waals surface area contributed by atoms with E-state index in [1.807, 2.05) is 50.4 Å². The third kappa shape index (κ3) is 3.50. The van der Waals surface area contributed by atoms with Crippen LogP contribution in [0.2, 0.25) is 4.34 Å². The maximum absolute atomic E-state index is 10.1. The number of para-hydroxylation sites is 1. The Labute approximate surface area is 123 Å². The maximum atomic E-state index is 10.1. The van der Waals surface area contributed by atoms with E-state index in [4.69, 9.17) is 11.6 Å². The van der Waals surface area contributed by atoms with Crippen LogP contribution in [0.4, 0.5) is 5.69 Å². The highest BCUT2D eigenvalue weighted by Crippen LogP contribution is 2.30. The van der Waals surface area contributed by atoms with Crippen LogP contribution in [0, 0.1) is 0 Å².